The van der Waals surface area contributed by atoms with Gasteiger partial charge in [0.25, 0.3) is 0 Å². The molecule has 0 aliphatic heterocycles. The lowest BCUT2D eigenvalue weighted by molar-refractivity contribution is 0.0728. The van der Waals surface area contributed by atoms with Crippen molar-refractivity contribution in [1.82, 2.24) is 4.98 Å². The van der Waals surface area contributed by atoms with Crippen LogP contribution in [0.3, 0.4) is 0 Å². The Bertz CT molecular complexity index is 662. The molecule has 0 aliphatic carbocycles. The van der Waals surface area contributed by atoms with Crippen LogP contribution in [0.5, 0.6) is 5.75 Å². The summed E-state index contributed by atoms with van der Waals surface area (Å²) in [7, 11) is 0. The van der Waals surface area contributed by atoms with Gasteiger partial charge in [0.05, 0.1) is 5.02 Å². The number of hydrogen-bond donors (Lipinski definition) is 1. The molecule has 0 saturated heterocycles. The van der Waals surface area contributed by atoms with Crippen molar-refractivity contribution in [2.75, 3.05) is 5.32 Å². The van der Waals surface area contributed by atoms with Crippen molar-refractivity contribution in [2.45, 2.75) is 19.9 Å². The zero-order chi connectivity index (χ0) is 15.4. The molecular weight excluding hydrogens is 295 g/mol. The van der Waals surface area contributed by atoms with Crippen LogP contribution in [0.4, 0.5) is 10.2 Å². The zero-order valence-corrected chi connectivity index (χ0v) is 12.3. The Hall–Kier alpha value is -2.14. The number of pyridine rings is 1. The maximum atomic E-state index is 13.0. The quantitative estimate of drug-likeness (QED) is 0.687. The van der Waals surface area contributed by atoms with Gasteiger partial charge in [-0.15, -0.1) is 0 Å². The predicted molar refractivity (Wildman–Crippen MR) is 79.4 cm³/mol. The van der Waals surface area contributed by atoms with Crippen molar-refractivity contribution < 1.29 is 13.9 Å². The van der Waals surface area contributed by atoms with E-state index in [-0.39, 0.29) is 22.5 Å². The molecule has 0 bridgehead atoms. The molecule has 1 heterocycles. The van der Waals surface area contributed by atoms with Gasteiger partial charge in [-0.05, 0) is 38.1 Å². The predicted octanol–water partition coefficient (Wildman–Crippen LogP) is 3.91. The fraction of sp³-hybridized carbons (Fsp3) is 0.200. The van der Waals surface area contributed by atoms with Crippen molar-refractivity contribution in [3.05, 3.63) is 52.9 Å². The third kappa shape index (κ3) is 4.16. The first-order valence-electron chi connectivity index (χ1n) is 6.36. The molecule has 0 radical (unpaired) electrons. The minimum absolute atomic E-state index is 0.108. The number of nitrogens with zero attached hydrogens (tertiary/aromatic N) is 1. The van der Waals surface area contributed by atoms with E-state index in [1.54, 1.807) is 18.2 Å². The van der Waals surface area contributed by atoms with Crippen molar-refractivity contribution in [1.29, 1.82) is 0 Å². The van der Waals surface area contributed by atoms with E-state index in [1.807, 2.05) is 13.8 Å². The number of halogens is 2. The number of aromatic nitrogens is 1. The lowest BCUT2D eigenvalue weighted by atomic mass is 10.3. The van der Waals surface area contributed by atoms with Crippen LogP contribution in [-0.2, 0) is 0 Å². The van der Waals surface area contributed by atoms with Crippen LogP contribution >= 0.6 is 11.6 Å². The number of hydrogen-bond acceptors (Lipinski definition) is 4. The first kappa shape index (κ1) is 15.3. The van der Waals surface area contributed by atoms with E-state index >= 15 is 0 Å². The molecule has 2 rings (SSSR count). The Balaban J connectivity index is 2.14. The topological polar surface area (TPSA) is 51.2 Å². The maximum absolute atomic E-state index is 13.0. The minimum Gasteiger partial charge on any atom is -0.422 e. The molecule has 0 amide bonds. The Morgan fingerprint density at radius 3 is 2.76 bits per heavy atom. The van der Waals surface area contributed by atoms with Crippen molar-refractivity contribution >= 4 is 23.4 Å². The van der Waals surface area contributed by atoms with Crippen molar-refractivity contribution in [3.8, 4) is 5.75 Å². The van der Waals surface area contributed by atoms with E-state index in [4.69, 9.17) is 16.3 Å². The SMILES string of the molecule is CC(C)Nc1cccc(C(=O)Oc2ccc(F)c(Cl)c2)n1. The van der Waals surface area contributed by atoms with Gasteiger partial charge < -0.3 is 10.1 Å². The first-order chi connectivity index (χ1) is 9.95. The van der Waals surface area contributed by atoms with Gasteiger partial charge >= 0.3 is 5.97 Å². The Kier molecular flexibility index (Phi) is 4.75. The molecule has 2 aromatic rings. The molecule has 0 atom stereocenters. The highest BCUT2D eigenvalue weighted by atomic mass is 35.5. The fourth-order valence-corrected chi connectivity index (χ4v) is 1.79. The summed E-state index contributed by atoms with van der Waals surface area (Å²) in [6, 6.07) is 8.89. The minimum atomic E-state index is -0.634. The molecule has 0 saturated carbocycles. The number of ether oxygens (including phenoxy) is 1. The van der Waals surface area contributed by atoms with Crippen LogP contribution in [0.2, 0.25) is 5.02 Å². The summed E-state index contributed by atoms with van der Waals surface area (Å²) < 4.78 is 18.2. The molecule has 110 valence electrons. The average molecular weight is 309 g/mol. The summed E-state index contributed by atoms with van der Waals surface area (Å²) in [4.78, 5) is 16.2. The third-order valence-electron chi connectivity index (χ3n) is 2.50. The third-order valence-corrected chi connectivity index (χ3v) is 2.79. The first-order valence-corrected chi connectivity index (χ1v) is 6.74. The second-order valence-electron chi connectivity index (χ2n) is 4.67. The standard InChI is InChI=1S/C15H14ClFN2O2/c1-9(2)18-14-5-3-4-13(19-14)15(20)21-10-6-7-12(17)11(16)8-10/h3-9H,1-2H3,(H,18,19). The number of nitrogens with one attached hydrogen (secondary N) is 1. The van der Waals surface area contributed by atoms with Crippen molar-refractivity contribution in [2.24, 2.45) is 0 Å². The van der Waals surface area contributed by atoms with Crippen LogP contribution in [0, 0.1) is 5.82 Å². The van der Waals surface area contributed by atoms with Crippen LogP contribution in [0.1, 0.15) is 24.3 Å². The normalized spacial score (nSPS) is 10.5. The monoisotopic (exact) mass is 308 g/mol. The highest BCUT2D eigenvalue weighted by Gasteiger charge is 2.12. The van der Waals surface area contributed by atoms with Gasteiger partial charge in [0.2, 0.25) is 0 Å². The van der Waals surface area contributed by atoms with E-state index in [0.717, 1.165) is 6.07 Å². The number of carbonyl (C=O) groups is 1. The highest BCUT2D eigenvalue weighted by molar-refractivity contribution is 6.30. The lowest BCUT2D eigenvalue weighted by Gasteiger charge is -2.10. The van der Waals surface area contributed by atoms with Crippen LogP contribution < -0.4 is 10.1 Å². The molecule has 1 aromatic heterocycles. The second-order valence-corrected chi connectivity index (χ2v) is 5.08. The summed E-state index contributed by atoms with van der Waals surface area (Å²) in [5.41, 5.74) is 0.154. The molecule has 1 aromatic carbocycles. The van der Waals surface area contributed by atoms with E-state index in [9.17, 15) is 9.18 Å². The van der Waals surface area contributed by atoms with Gasteiger partial charge in [0, 0.05) is 12.1 Å². The van der Waals surface area contributed by atoms with Crippen LogP contribution in [-0.4, -0.2) is 17.0 Å². The number of benzene rings is 1. The van der Waals surface area contributed by atoms with Gasteiger partial charge in [-0.25, -0.2) is 14.2 Å². The summed E-state index contributed by atoms with van der Waals surface area (Å²) >= 11 is 5.63. The largest absolute Gasteiger partial charge is 0.422 e. The highest BCUT2D eigenvalue weighted by Crippen LogP contribution is 2.22. The smallest absolute Gasteiger partial charge is 0.362 e. The summed E-state index contributed by atoms with van der Waals surface area (Å²) in [5, 5.41) is 2.98. The maximum Gasteiger partial charge on any atom is 0.362 e. The van der Waals surface area contributed by atoms with Gasteiger partial charge in [0.15, 0.2) is 5.69 Å². The molecule has 1 N–H and O–H groups in total. The van der Waals surface area contributed by atoms with Gasteiger partial charge in [-0.3, -0.25) is 0 Å². The molecule has 0 aliphatic rings. The summed E-state index contributed by atoms with van der Waals surface area (Å²) in [6.07, 6.45) is 0. The van der Waals surface area contributed by atoms with Crippen LogP contribution in [0.25, 0.3) is 0 Å². The van der Waals surface area contributed by atoms with E-state index < -0.39 is 11.8 Å². The lowest BCUT2D eigenvalue weighted by Crippen LogP contribution is -2.15. The molecular formula is C15H14ClFN2O2. The Morgan fingerprint density at radius 1 is 1.33 bits per heavy atom. The molecule has 0 fully saturated rings. The van der Waals surface area contributed by atoms with Gasteiger partial charge in [-0.2, -0.15) is 0 Å². The summed E-state index contributed by atoms with van der Waals surface area (Å²) in [6.45, 7) is 3.93. The molecule has 6 heteroatoms. The van der Waals surface area contributed by atoms with E-state index in [0.29, 0.717) is 5.82 Å². The molecule has 0 unspecified atom stereocenters. The van der Waals surface area contributed by atoms with Crippen LogP contribution in [0.15, 0.2) is 36.4 Å². The Morgan fingerprint density at radius 2 is 2.10 bits per heavy atom. The van der Waals surface area contributed by atoms with E-state index in [1.165, 1.54) is 12.1 Å². The fourth-order valence-electron chi connectivity index (χ4n) is 1.62. The van der Waals surface area contributed by atoms with Gasteiger partial charge in [-0.1, -0.05) is 17.7 Å². The number of carbonyl (C=O) groups excluding carboxylic acids is 1. The molecule has 4 nitrogen and oxygen atoms in total. The number of anilines is 1. The second kappa shape index (κ2) is 6.54. The van der Waals surface area contributed by atoms with E-state index in [2.05, 4.69) is 10.3 Å². The zero-order valence-electron chi connectivity index (χ0n) is 11.6. The molecule has 21 heavy (non-hydrogen) atoms. The van der Waals surface area contributed by atoms with Gasteiger partial charge in [0.1, 0.15) is 17.4 Å². The Labute approximate surface area is 126 Å². The molecule has 0 spiro atoms. The average Bonchev–Trinajstić information content (AvgIpc) is 2.42. The summed E-state index contributed by atoms with van der Waals surface area (Å²) in [5.74, 6) is -0.463. The number of esters is 1. The van der Waals surface area contributed by atoms with Crippen molar-refractivity contribution in [3.63, 3.8) is 0 Å². The number of rotatable bonds is 4.